The number of halogens is 2. The van der Waals surface area contributed by atoms with Crippen molar-refractivity contribution in [2.75, 3.05) is 12.4 Å². The van der Waals surface area contributed by atoms with E-state index in [9.17, 15) is 4.79 Å². The van der Waals surface area contributed by atoms with Crippen LogP contribution in [0.4, 0.5) is 10.5 Å². The van der Waals surface area contributed by atoms with Gasteiger partial charge in [-0.15, -0.1) is 0 Å². The van der Waals surface area contributed by atoms with Gasteiger partial charge in [-0.05, 0) is 48.2 Å². The van der Waals surface area contributed by atoms with Gasteiger partial charge in [-0.1, -0.05) is 37.0 Å². The van der Waals surface area contributed by atoms with Crippen LogP contribution in [0.25, 0.3) is 0 Å². The van der Waals surface area contributed by atoms with Crippen molar-refractivity contribution in [1.29, 1.82) is 0 Å². The van der Waals surface area contributed by atoms with Crippen LogP contribution in [-0.4, -0.2) is 13.2 Å². The molecule has 0 spiro atoms. The first-order chi connectivity index (χ1) is 11.3. The zero-order valence-corrected chi connectivity index (χ0v) is 15.5. The van der Waals surface area contributed by atoms with E-state index in [1.54, 1.807) is 31.4 Å². The number of rotatable bonds is 4. The molecule has 0 aliphatic carbocycles. The third-order valence-electron chi connectivity index (χ3n) is 3.53. The van der Waals surface area contributed by atoms with Gasteiger partial charge < -0.3 is 9.47 Å². The van der Waals surface area contributed by atoms with Crippen molar-refractivity contribution in [3.63, 3.8) is 0 Å². The molecule has 0 saturated carbocycles. The van der Waals surface area contributed by atoms with Crippen LogP contribution in [0.2, 0.25) is 10.0 Å². The molecule has 1 N–H and O–H groups in total. The van der Waals surface area contributed by atoms with E-state index in [0.29, 0.717) is 27.2 Å². The van der Waals surface area contributed by atoms with E-state index in [2.05, 4.69) is 5.32 Å². The van der Waals surface area contributed by atoms with Gasteiger partial charge >= 0.3 is 6.09 Å². The number of carbonyl (C=O) groups is 1. The summed E-state index contributed by atoms with van der Waals surface area (Å²) in [5.41, 5.74) is 2.15. The molecule has 0 saturated heterocycles. The smallest absolute Gasteiger partial charge is 0.417 e. The van der Waals surface area contributed by atoms with Gasteiger partial charge in [0.05, 0.1) is 17.8 Å². The lowest BCUT2D eigenvalue weighted by Crippen LogP contribution is -2.18. The highest BCUT2D eigenvalue weighted by atomic mass is 35.5. The van der Waals surface area contributed by atoms with E-state index in [0.717, 1.165) is 11.1 Å². The van der Waals surface area contributed by atoms with E-state index in [4.69, 9.17) is 32.7 Å². The second-order valence-electron chi connectivity index (χ2n) is 5.65. The van der Waals surface area contributed by atoms with Crippen molar-refractivity contribution in [3.05, 3.63) is 51.5 Å². The molecule has 0 heterocycles. The van der Waals surface area contributed by atoms with E-state index in [-0.39, 0.29) is 5.92 Å². The molecule has 0 fully saturated rings. The molecule has 4 nitrogen and oxygen atoms in total. The van der Waals surface area contributed by atoms with Crippen LogP contribution < -0.4 is 14.8 Å². The van der Waals surface area contributed by atoms with Crippen LogP contribution in [0.5, 0.6) is 11.5 Å². The number of ether oxygens (including phenoxy) is 2. The fourth-order valence-electron chi connectivity index (χ4n) is 2.17. The van der Waals surface area contributed by atoms with Crippen LogP contribution in [0.15, 0.2) is 30.3 Å². The molecule has 1 amide bonds. The molecule has 0 aliphatic heterocycles. The number of hydrogen-bond acceptors (Lipinski definition) is 3. The van der Waals surface area contributed by atoms with Gasteiger partial charge in [0.15, 0.2) is 0 Å². The number of benzene rings is 2. The zero-order valence-electron chi connectivity index (χ0n) is 13.9. The molecular weight excluding hydrogens is 349 g/mol. The number of nitrogens with one attached hydrogen (secondary N) is 1. The van der Waals surface area contributed by atoms with Crippen LogP contribution in [0, 0.1) is 6.92 Å². The summed E-state index contributed by atoms with van der Waals surface area (Å²) in [4.78, 5) is 12.2. The lowest BCUT2D eigenvalue weighted by molar-refractivity contribution is 0.214. The largest absolute Gasteiger partial charge is 0.497 e. The maximum absolute atomic E-state index is 12.2. The van der Waals surface area contributed by atoms with Crippen LogP contribution in [0.1, 0.15) is 30.9 Å². The first kappa shape index (κ1) is 18.4. The summed E-state index contributed by atoms with van der Waals surface area (Å²) in [6.07, 6.45) is -0.620. The Morgan fingerprint density at radius 3 is 2.42 bits per heavy atom. The summed E-state index contributed by atoms with van der Waals surface area (Å²) in [6, 6.07) is 8.55. The van der Waals surface area contributed by atoms with Gasteiger partial charge in [-0.25, -0.2) is 4.79 Å². The van der Waals surface area contributed by atoms with Crippen molar-refractivity contribution in [2.45, 2.75) is 26.7 Å². The van der Waals surface area contributed by atoms with E-state index >= 15 is 0 Å². The van der Waals surface area contributed by atoms with Gasteiger partial charge in [0, 0.05) is 11.1 Å². The van der Waals surface area contributed by atoms with Gasteiger partial charge in [0.25, 0.3) is 0 Å². The molecule has 2 rings (SSSR count). The maximum Gasteiger partial charge on any atom is 0.417 e. The second-order valence-corrected chi connectivity index (χ2v) is 6.47. The lowest BCUT2D eigenvalue weighted by Gasteiger charge is -2.15. The molecule has 0 unspecified atom stereocenters. The van der Waals surface area contributed by atoms with Crippen LogP contribution in [-0.2, 0) is 0 Å². The van der Waals surface area contributed by atoms with Crippen molar-refractivity contribution in [3.8, 4) is 11.5 Å². The average molecular weight is 368 g/mol. The van der Waals surface area contributed by atoms with E-state index < -0.39 is 6.09 Å². The first-order valence-corrected chi connectivity index (χ1v) is 8.19. The second kappa shape index (κ2) is 7.77. The summed E-state index contributed by atoms with van der Waals surface area (Å²) in [5, 5.41) is 3.64. The summed E-state index contributed by atoms with van der Waals surface area (Å²) >= 11 is 12.3. The Balaban J connectivity index is 2.20. The minimum atomic E-state index is -0.620. The number of hydrogen-bond donors (Lipinski definition) is 1. The summed E-state index contributed by atoms with van der Waals surface area (Å²) in [6.45, 7) is 5.87. The highest BCUT2D eigenvalue weighted by molar-refractivity contribution is 6.33. The Kier molecular flexibility index (Phi) is 5.97. The molecule has 0 atom stereocenters. The normalized spacial score (nSPS) is 10.6. The molecule has 6 heteroatoms. The highest BCUT2D eigenvalue weighted by Crippen LogP contribution is 2.33. The summed E-state index contributed by atoms with van der Waals surface area (Å²) < 4.78 is 10.5. The summed E-state index contributed by atoms with van der Waals surface area (Å²) in [7, 11) is 1.54. The average Bonchev–Trinajstić information content (AvgIpc) is 2.52. The fourth-order valence-corrected chi connectivity index (χ4v) is 2.56. The predicted molar refractivity (Wildman–Crippen MR) is 97.9 cm³/mol. The fraction of sp³-hybridized carbons (Fsp3) is 0.278. The SMILES string of the molecule is COc1ccc(NC(=O)Oc2cc(C)c(Cl)cc2C(C)C)c(Cl)c1. The Bertz CT molecular complexity index is 760. The molecule has 0 bridgehead atoms. The molecule has 0 radical (unpaired) electrons. The highest BCUT2D eigenvalue weighted by Gasteiger charge is 2.15. The van der Waals surface area contributed by atoms with Gasteiger partial charge in [-0.3, -0.25) is 5.32 Å². The summed E-state index contributed by atoms with van der Waals surface area (Å²) in [5.74, 6) is 1.25. The maximum atomic E-state index is 12.2. The molecule has 128 valence electrons. The van der Waals surface area contributed by atoms with Crippen molar-refractivity contribution in [1.82, 2.24) is 0 Å². The minimum absolute atomic E-state index is 0.162. The Morgan fingerprint density at radius 2 is 1.83 bits per heavy atom. The third-order valence-corrected chi connectivity index (χ3v) is 4.25. The lowest BCUT2D eigenvalue weighted by atomic mass is 10.0. The molecule has 24 heavy (non-hydrogen) atoms. The molecule has 2 aromatic rings. The molecule has 2 aromatic carbocycles. The standard InChI is InChI=1S/C18H19Cl2NO3/c1-10(2)13-9-14(19)11(3)7-17(13)24-18(22)21-16-6-5-12(23-4)8-15(16)20/h5-10H,1-4H3,(H,21,22). The third kappa shape index (κ3) is 4.34. The van der Waals surface area contributed by atoms with E-state index in [1.807, 2.05) is 26.8 Å². The number of carbonyl (C=O) groups excluding carboxylic acids is 1. The van der Waals surface area contributed by atoms with Gasteiger partial charge in [0.1, 0.15) is 11.5 Å². The molecule has 0 aromatic heterocycles. The van der Waals surface area contributed by atoms with Crippen LogP contribution in [0.3, 0.4) is 0 Å². The molecule has 0 aliphatic rings. The monoisotopic (exact) mass is 367 g/mol. The van der Waals surface area contributed by atoms with Crippen molar-refractivity contribution in [2.24, 2.45) is 0 Å². The number of methoxy groups -OCH3 is 1. The number of anilines is 1. The van der Waals surface area contributed by atoms with Gasteiger partial charge in [0.2, 0.25) is 0 Å². The Labute approximate surface area is 151 Å². The minimum Gasteiger partial charge on any atom is -0.497 e. The zero-order chi connectivity index (χ0) is 17.9. The predicted octanol–water partition coefficient (Wildman–Crippen LogP) is 6.04. The Hall–Kier alpha value is -1.91. The number of aryl methyl sites for hydroxylation is 1. The van der Waals surface area contributed by atoms with Crippen molar-refractivity contribution < 1.29 is 14.3 Å². The topological polar surface area (TPSA) is 47.6 Å². The van der Waals surface area contributed by atoms with Crippen molar-refractivity contribution >= 4 is 35.0 Å². The van der Waals surface area contributed by atoms with Gasteiger partial charge in [-0.2, -0.15) is 0 Å². The molecular formula is C18H19Cl2NO3. The van der Waals surface area contributed by atoms with E-state index in [1.165, 1.54) is 0 Å². The number of amides is 1. The van der Waals surface area contributed by atoms with Crippen LogP contribution >= 0.6 is 23.2 Å². The quantitative estimate of drug-likeness (QED) is 0.715. The first-order valence-electron chi connectivity index (χ1n) is 7.44. The Morgan fingerprint density at radius 1 is 1.12 bits per heavy atom.